The number of ether oxygens (including phenoxy) is 1. The Bertz CT molecular complexity index is 1360. The number of nitrogens with one attached hydrogen (secondary N) is 1. The van der Waals surface area contributed by atoms with Crippen molar-refractivity contribution in [2.75, 3.05) is 12.4 Å². The molecule has 0 amide bonds. The molecule has 0 spiro atoms. The Balaban J connectivity index is 1.50. The molecule has 3 heterocycles. The summed E-state index contributed by atoms with van der Waals surface area (Å²) in [5.74, 6) is 1.78. The first kappa shape index (κ1) is 18.9. The summed E-state index contributed by atoms with van der Waals surface area (Å²) in [4.78, 5) is 9.25. The van der Waals surface area contributed by atoms with Gasteiger partial charge in [0.2, 0.25) is 0 Å². The first-order valence-corrected chi connectivity index (χ1v) is 10.1. The molecule has 6 nitrogen and oxygen atoms in total. The minimum Gasteiger partial charge on any atom is -0.497 e. The average Bonchev–Trinajstić information content (AvgIpc) is 3.38. The van der Waals surface area contributed by atoms with Crippen molar-refractivity contribution in [1.29, 1.82) is 0 Å². The molecule has 1 N–H and O–H groups in total. The van der Waals surface area contributed by atoms with Crippen molar-refractivity contribution in [3.05, 3.63) is 90.8 Å². The van der Waals surface area contributed by atoms with Gasteiger partial charge in [-0.2, -0.15) is 0 Å². The van der Waals surface area contributed by atoms with Crippen LogP contribution >= 0.6 is 0 Å². The lowest BCUT2D eigenvalue weighted by Crippen LogP contribution is -1.97. The highest BCUT2D eigenvalue weighted by Crippen LogP contribution is 2.30. The van der Waals surface area contributed by atoms with Gasteiger partial charge in [-0.15, -0.1) is 0 Å². The zero-order valence-corrected chi connectivity index (χ0v) is 17.7. The van der Waals surface area contributed by atoms with Gasteiger partial charge in [-0.05, 0) is 62.4 Å². The van der Waals surface area contributed by atoms with E-state index in [4.69, 9.17) is 9.72 Å². The highest BCUT2D eigenvalue weighted by atomic mass is 16.5. The second-order valence-corrected chi connectivity index (χ2v) is 7.41. The number of hydrogen-bond donors (Lipinski definition) is 1. The number of benzene rings is 2. The van der Waals surface area contributed by atoms with E-state index in [-0.39, 0.29) is 0 Å². The number of hydrogen-bond acceptors (Lipinski definition) is 4. The van der Waals surface area contributed by atoms with Crippen LogP contribution in [0.5, 0.6) is 5.75 Å². The fourth-order valence-electron chi connectivity index (χ4n) is 3.84. The largest absolute Gasteiger partial charge is 0.497 e. The lowest BCUT2D eigenvalue weighted by molar-refractivity contribution is 0.415. The molecular formula is C25H23N5O. The van der Waals surface area contributed by atoms with E-state index in [1.165, 1.54) is 0 Å². The minimum atomic E-state index is 0.820. The van der Waals surface area contributed by atoms with Crippen molar-refractivity contribution >= 4 is 17.0 Å². The average molecular weight is 409 g/mol. The van der Waals surface area contributed by atoms with E-state index in [1.54, 1.807) is 7.11 Å². The van der Waals surface area contributed by atoms with Gasteiger partial charge in [-0.3, -0.25) is 0 Å². The Morgan fingerprint density at radius 3 is 2.52 bits per heavy atom. The molecule has 6 heteroatoms. The highest BCUT2D eigenvalue weighted by Gasteiger charge is 2.14. The summed E-state index contributed by atoms with van der Waals surface area (Å²) >= 11 is 0. The molecule has 0 unspecified atom stereocenters. The number of pyridine rings is 1. The predicted molar refractivity (Wildman–Crippen MR) is 124 cm³/mol. The molecule has 5 aromatic rings. The van der Waals surface area contributed by atoms with Crippen LogP contribution in [-0.4, -0.2) is 26.0 Å². The van der Waals surface area contributed by atoms with E-state index < -0.39 is 0 Å². The first-order valence-electron chi connectivity index (χ1n) is 10.1. The molecule has 0 saturated heterocycles. The molecular weight excluding hydrogens is 386 g/mol. The molecule has 0 radical (unpaired) electrons. The van der Waals surface area contributed by atoms with Crippen LogP contribution in [0.3, 0.4) is 0 Å². The molecule has 31 heavy (non-hydrogen) atoms. The number of nitrogens with zero attached hydrogens (tertiary/aromatic N) is 4. The third-order valence-corrected chi connectivity index (χ3v) is 5.48. The first-order chi connectivity index (χ1) is 15.1. The topological polar surface area (TPSA) is 56.4 Å². The molecule has 5 rings (SSSR count). The normalized spacial score (nSPS) is 11.1. The Hall–Kier alpha value is -4.06. The van der Waals surface area contributed by atoms with Gasteiger partial charge in [0.25, 0.3) is 0 Å². The second-order valence-electron chi connectivity index (χ2n) is 7.41. The Morgan fingerprint density at radius 2 is 1.77 bits per heavy atom. The summed E-state index contributed by atoms with van der Waals surface area (Å²) in [5, 5.41) is 3.52. The van der Waals surface area contributed by atoms with Crippen molar-refractivity contribution < 1.29 is 4.74 Å². The smallest absolute Gasteiger partial charge is 0.161 e. The molecule has 0 saturated carbocycles. The Labute approximate surface area is 180 Å². The van der Waals surface area contributed by atoms with Crippen molar-refractivity contribution in [3.8, 4) is 22.7 Å². The monoisotopic (exact) mass is 409 g/mol. The van der Waals surface area contributed by atoms with Gasteiger partial charge >= 0.3 is 0 Å². The van der Waals surface area contributed by atoms with Crippen molar-refractivity contribution in [1.82, 2.24) is 18.9 Å². The highest BCUT2D eigenvalue weighted by molar-refractivity contribution is 5.78. The van der Waals surface area contributed by atoms with E-state index in [0.29, 0.717) is 0 Å². The van der Waals surface area contributed by atoms with Crippen molar-refractivity contribution in [2.24, 2.45) is 0 Å². The van der Waals surface area contributed by atoms with Gasteiger partial charge in [0, 0.05) is 41.2 Å². The summed E-state index contributed by atoms with van der Waals surface area (Å²) in [6, 6.07) is 20.4. The number of aromatic nitrogens is 4. The molecule has 2 aromatic carbocycles. The maximum atomic E-state index is 5.38. The number of anilines is 2. The van der Waals surface area contributed by atoms with Gasteiger partial charge in [0.15, 0.2) is 5.65 Å². The van der Waals surface area contributed by atoms with Gasteiger partial charge < -0.3 is 19.0 Å². The molecule has 0 aliphatic heterocycles. The Morgan fingerprint density at radius 1 is 0.935 bits per heavy atom. The SMILES string of the molecule is COc1cccc(-c2nc3c(Nc4ccc(-n5ccnc5C)cc4)cccn3c2C)c1. The minimum absolute atomic E-state index is 0.820. The third kappa shape index (κ3) is 3.42. The fraction of sp³-hybridized carbons (Fsp3) is 0.120. The summed E-state index contributed by atoms with van der Waals surface area (Å²) in [7, 11) is 1.68. The van der Waals surface area contributed by atoms with E-state index in [0.717, 1.165) is 51.2 Å². The van der Waals surface area contributed by atoms with Crippen LogP contribution < -0.4 is 10.1 Å². The van der Waals surface area contributed by atoms with Crippen LogP contribution in [0.2, 0.25) is 0 Å². The molecule has 0 bridgehead atoms. The number of imidazole rings is 2. The molecule has 0 aliphatic carbocycles. The lowest BCUT2D eigenvalue weighted by atomic mass is 10.1. The lowest BCUT2D eigenvalue weighted by Gasteiger charge is -2.10. The van der Waals surface area contributed by atoms with Crippen LogP contribution in [0.25, 0.3) is 22.6 Å². The van der Waals surface area contributed by atoms with Gasteiger partial charge in [-0.25, -0.2) is 9.97 Å². The summed E-state index contributed by atoms with van der Waals surface area (Å²) < 4.78 is 9.55. The van der Waals surface area contributed by atoms with E-state index in [2.05, 4.69) is 56.5 Å². The molecule has 0 atom stereocenters. The molecule has 154 valence electrons. The van der Waals surface area contributed by atoms with Gasteiger partial charge in [0.1, 0.15) is 11.6 Å². The van der Waals surface area contributed by atoms with Crippen molar-refractivity contribution in [2.45, 2.75) is 13.8 Å². The fourth-order valence-corrected chi connectivity index (χ4v) is 3.84. The standard InChI is InChI=1S/C25H23N5O/c1-17-24(19-6-4-7-22(16-19)31-3)28-25-23(8-5-14-29(17)25)27-20-9-11-21(12-10-20)30-15-13-26-18(30)2/h4-16,27H,1-3H3. The van der Waals surface area contributed by atoms with Crippen molar-refractivity contribution in [3.63, 3.8) is 0 Å². The van der Waals surface area contributed by atoms with Gasteiger partial charge in [-0.1, -0.05) is 12.1 Å². The van der Waals surface area contributed by atoms with E-state index in [1.807, 2.05) is 55.8 Å². The molecule has 0 aliphatic rings. The zero-order chi connectivity index (χ0) is 21.4. The second kappa shape index (κ2) is 7.65. The number of fused-ring (bicyclic) bond motifs is 1. The number of aryl methyl sites for hydroxylation is 2. The van der Waals surface area contributed by atoms with Crippen LogP contribution in [-0.2, 0) is 0 Å². The van der Waals surface area contributed by atoms with Crippen LogP contribution in [0, 0.1) is 13.8 Å². The molecule has 3 aromatic heterocycles. The van der Waals surface area contributed by atoms with E-state index >= 15 is 0 Å². The van der Waals surface area contributed by atoms with Crippen LogP contribution in [0.4, 0.5) is 11.4 Å². The van der Waals surface area contributed by atoms with Crippen LogP contribution in [0.15, 0.2) is 79.3 Å². The summed E-state index contributed by atoms with van der Waals surface area (Å²) in [5.41, 5.74) is 6.97. The summed E-state index contributed by atoms with van der Waals surface area (Å²) in [6.45, 7) is 4.08. The Kier molecular flexibility index (Phi) is 4.67. The predicted octanol–water partition coefficient (Wildman–Crippen LogP) is 5.56. The number of rotatable bonds is 5. The quantitative estimate of drug-likeness (QED) is 0.413. The maximum Gasteiger partial charge on any atom is 0.161 e. The molecule has 0 fully saturated rings. The summed E-state index contributed by atoms with van der Waals surface area (Å²) in [6.07, 6.45) is 5.81. The van der Waals surface area contributed by atoms with E-state index in [9.17, 15) is 0 Å². The number of methoxy groups -OCH3 is 1. The zero-order valence-electron chi connectivity index (χ0n) is 17.7. The van der Waals surface area contributed by atoms with Gasteiger partial charge in [0.05, 0.1) is 18.5 Å². The maximum absolute atomic E-state index is 5.38. The van der Waals surface area contributed by atoms with Crippen LogP contribution in [0.1, 0.15) is 11.5 Å². The third-order valence-electron chi connectivity index (χ3n) is 5.48.